The van der Waals surface area contributed by atoms with Crippen molar-refractivity contribution in [3.05, 3.63) is 118 Å². The summed E-state index contributed by atoms with van der Waals surface area (Å²) < 4.78 is 5.87. The molecule has 0 aliphatic carbocycles. The number of carbonyl (C=O) groups excluding carboxylic acids is 2. The number of rotatable bonds is 6. The number of thioether (sulfide) groups is 1. The maximum absolute atomic E-state index is 12.9. The van der Waals surface area contributed by atoms with Gasteiger partial charge in [-0.15, -0.1) is 0 Å². The van der Waals surface area contributed by atoms with Crippen molar-refractivity contribution in [1.29, 1.82) is 0 Å². The summed E-state index contributed by atoms with van der Waals surface area (Å²) in [5, 5.41) is 1.97. The first-order valence-corrected chi connectivity index (χ1v) is 11.9. The Morgan fingerprint density at radius 1 is 0.824 bits per heavy atom. The molecule has 5 heteroatoms. The van der Waals surface area contributed by atoms with Crippen molar-refractivity contribution >= 4 is 39.8 Å². The lowest BCUT2D eigenvalue weighted by molar-refractivity contribution is -0.123. The summed E-state index contributed by atoms with van der Waals surface area (Å²) in [6.07, 6.45) is 1.76. The Hall–Kier alpha value is -3.83. The number of hydrogen-bond acceptors (Lipinski definition) is 4. The lowest BCUT2D eigenvalue weighted by Crippen LogP contribution is -2.27. The molecule has 0 unspecified atom stereocenters. The van der Waals surface area contributed by atoms with E-state index >= 15 is 0 Å². The van der Waals surface area contributed by atoms with Crippen molar-refractivity contribution < 1.29 is 14.3 Å². The fourth-order valence-corrected chi connectivity index (χ4v) is 4.77. The van der Waals surface area contributed by atoms with Crippen LogP contribution in [0, 0.1) is 6.92 Å². The van der Waals surface area contributed by atoms with Crippen molar-refractivity contribution in [2.45, 2.75) is 20.1 Å². The van der Waals surface area contributed by atoms with Gasteiger partial charge in [0.2, 0.25) is 0 Å². The standard InChI is InChI=1S/C29H23NO3S/c1-20-5-4-6-23(15-20)19-33-26-13-10-21(11-14-26)17-27-28(31)30(29(32)34-27)18-22-9-12-24-7-2-3-8-25(24)16-22/h2-17H,18-19H2,1H3/b27-17-. The quantitative estimate of drug-likeness (QED) is 0.289. The minimum absolute atomic E-state index is 0.248. The SMILES string of the molecule is Cc1cccc(COc2ccc(/C=C3\SC(=O)N(Cc4ccc5ccccc5c4)C3=O)cc2)c1. The summed E-state index contributed by atoms with van der Waals surface area (Å²) in [7, 11) is 0. The highest BCUT2D eigenvalue weighted by atomic mass is 32.2. The molecule has 1 aliphatic heterocycles. The second kappa shape index (κ2) is 9.57. The summed E-state index contributed by atoms with van der Waals surface area (Å²) in [6.45, 7) is 2.81. The molecule has 5 rings (SSSR count). The molecule has 4 nitrogen and oxygen atoms in total. The van der Waals surface area contributed by atoms with E-state index in [0.717, 1.165) is 45.0 Å². The molecule has 0 bridgehead atoms. The molecule has 34 heavy (non-hydrogen) atoms. The van der Waals surface area contributed by atoms with Gasteiger partial charge in [-0.3, -0.25) is 14.5 Å². The Morgan fingerprint density at radius 2 is 1.62 bits per heavy atom. The molecule has 0 saturated carbocycles. The van der Waals surface area contributed by atoms with Crippen molar-refractivity contribution in [1.82, 2.24) is 4.90 Å². The largest absolute Gasteiger partial charge is 0.489 e. The molecular weight excluding hydrogens is 442 g/mol. The highest BCUT2D eigenvalue weighted by molar-refractivity contribution is 8.18. The predicted octanol–water partition coefficient (Wildman–Crippen LogP) is 6.96. The Labute approximate surface area is 202 Å². The average Bonchev–Trinajstić information content (AvgIpc) is 3.11. The van der Waals surface area contributed by atoms with E-state index in [-0.39, 0.29) is 17.7 Å². The van der Waals surface area contributed by atoms with Crippen LogP contribution in [0.15, 0.2) is 95.9 Å². The molecule has 2 amide bonds. The highest BCUT2D eigenvalue weighted by Gasteiger charge is 2.35. The molecule has 4 aromatic rings. The number of benzene rings is 4. The minimum Gasteiger partial charge on any atom is -0.489 e. The van der Waals surface area contributed by atoms with Gasteiger partial charge in [-0.25, -0.2) is 0 Å². The highest BCUT2D eigenvalue weighted by Crippen LogP contribution is 2.34. The van der Waals surface area contributed by atoms with Gasteiger partial charge in [-0.1, -0.05) is 78.4 Å². The van der Waals surface area contributed by atoms with Crippen molar-refractivity contribution in [2.75, 3.05) is 0 Å². The Balaban J connectivity index is 1.25. The molecule has 4 aromatic carbocycles. The average molecular weight is 466 g/mol. The zero-order chi connectivity index (χ0) is 23.5. The number of hydrogen-bond donors (Lipinski definition) is 0. The number of aryl methyl sites for hydroxylation is 1. The third kappa shape index (κ3) is 4.90. The molecular formula is C29H23NO3S. The molecule has 0 aromatic heterocycles. The molecule has 1 saturated heterocycles. The summed E-state index contributed by atoms with van der Waals surface area (Å²) in [6, 6.07) is 29.8. The van der Waals surface area contributed by atoms with E-state index in [9.17, 15) is 9.59 Å². The van der Waals surface area contributed by atoms with E-state index in [1.165, 1.54) is 10.5 Å². The van der Waals surface area contributed by atoms with Gasteiger partial charge < -0.3 is 4.74 Å². The van der Waals surface area contributed by atoms with Crippen molar-refractivity contribution in [2.24, 2.45) is 0 Å². The number of nitrogens with zero attached hydrogens (tertiary/aromatic N) is 1. The van der Waals surface area contributed by atoms with Crippen LogP contribution in [0.25, 0.3) is 16.8 Å². The second-order valence-electron chi connectivity index (χ2n) is 8.30. The lowest BCUT2D eigenvalue weighted by Gasteiger charge is -2.13. The number of ether oxygens (including phenoxy) is 1. The van der Waals surface area contributed by atoms with Gasteiger partial charge in [0, 0.05) is 0 Å². The minimum atomic E-state index is -0.261. The predicted molar refractivity (Wildman–Crippen MR) is 137 cm³/mol. The van der Waals surface area contributed by atoms with Gasteiger partial charge in [0.05, 0.1) is 11.4 Å². The first-order chi connectivity index (χ1) is 16.5. The zero-order valence-electron chi connectivity index (χ0n) is 18.7. The van der Waals surface area contributed by atoms with Crippen LogP contribution in [0.4, 0.5) is 4.79 Å². The maximum atomic E-state index is 12.9. The van der Waals surface area contributed by atoms with E-state index in [2.05, 4.69) is 19.1 Å². The Morgan fingerprint density at radius 3 is 2.41 bits per heavy atom. The number of imide groups is 1. The summed E-state index contributed by atoms with van der Waals surface area (Å²) in [5.41, 5.74) is 4.09. The van der Waals surface area contributed by atoms with Gasteiger partial charge in [0.1, 0.15) is 12.4 Å². The smallest absolute Gasteiger partial charge is 0.293 e. The van der Waals surface area contributed by atoms with Gasteiger partial charge in [0.15, 0.2) is 0 Å². The molecule has 0 N–H and O–H groups in total. The van der Waals surface area contributed by atoms with E-state index in [4.69, 9.17) is 4.74 Å². The van der Waals surface area contributed by atoms with Gasteiger partial charge >= 0.3 is 0 Å². The molecule has 168 valence electrons. The number of amides is 2. The molecule has 0 atom stereocenters. The van der Waals surface area contributed by atoms with Gasteiger partial charge in [-0.05, 0) is 70.4 Å². The zero-order valence-corrected chi connectivity index (χ0v) is 19.5. The molecule has 0 radical (unpaired) electrons. The van der Waals surface area contributed by atoms with E-state index in [1.807, 2.05) is 78.9 Å². The fraction of sp³-hybridized carbons (Fsp3) is 0.103. The summed E-state index contributed by atoms with van der Waals surface area (Å²) in [4.78, 5) is 27.2. The monoisotopic (exact) mass is 465 g/mol. The molecule has 1 fully saturated rings. The van der Waals surface area contributed by atoms with E-state index < -0.39 is 0 Å². The van der Waals surface area contributed by atoms with Crippen LogP contribution in [-0.4, -0.2) is 16.0 Å². The lowest BCUT2D eigenvalue weighted by atomic mass is 10.1. The first-order valence-electron chi connectivity index (χ1n) is 11.1. The fourth-order valence-electron chi connectivity index (χ4n) is 3.94. The third-order valence-corrected chi connectivity index (χ3v) is 6.60. The maximum Gasteiger partial charge on any atom is 0.293 e. The van der Waals surface area contributed by atoms with Crippen LogP contribution in [-0.2, 0) is 17.9 Å². The Bertz CT molecular complexity index is 1410. The van der Waals surface area contributed by atoms with Crippen LogP contribution < -0.4 is 4.74 Å². The van der Waals surface area contributed by atoms with E-state index in [1.54, 1.807) is 6.08 Å². The molecule has 1 aliphatic rings. The summed E-state index contributed by atoms with van der Waals surface area (Å²) in [5.74, 6) is 0.492. The topological polar surface area (TPSA) is 46.6 Å². The molecule has 1 heterocycles. The van der Waals surface area contributed by atoms with Gasteiger partial charge in [0.25, 0.3) is 11.1 Å². The summed E-state index contributed by atoms with van der Waals surface area (Å²) >= 11 is 0.980. The van der Waals surface area contributed by atoms with Gasteiger partial charge in [-0.2, -0.15) is 0 Å². The Kier molecular flexibility index (Phi) is 6.19. The number of fused-ring (bicyclic) bond motifs is 1. The van der Waals surface area contributed by atoms with Crippen molar-refractivity contribution in [3.8, 4) is 5.75 Å². The van der Waals surface area contributed by atoms with Crippen LogP contribution in [0.5, 0.6) is 5.75 Å². The first kappa shape index (κ1) is 22.0. The normalized spacial score (nSPS) is 14.9. The number of carbonyl (C=O) groups is 2. The van der Waals surface area contributed by atoms with Crippen LogP contribution in [0.3, 0.4) is 0 Å². The third-order valence-electron chi connectivity index (χ3n) is 5.69. The van der Waals surface area contributed by atoms with Crippen LogP contribution >= 0.6 is 11.8 Å². The van der Waals surface area contributed by atoms with E-state index in [0.29, 0.717) is 11.5 Å². The van der Waals surface area contributed by atoms with Crippen LogP contribution in [0.1, 0.15) is 22.3 Å². The van der Waals surface area contributed by atoms with Crippen molar-refractivity contribution in [3.63, 3.8) is 0 Å². The van der Waals surface area contributed by atoms with Crippen LogP contribution in [0.2, 0.25) is 0 Å². The second-order valence-corrected chi connectivity index (χ2v) is 9.29. The molecule has 0 spiro atoms.